The highest BCUT2D eigenvalue weighted by molar-refractivity contribution is 7.99. The summed E-state index contributed by atoms with van der Waals surface area (Å²) in [5.41, 5.74) is 0. The van der Waals surface area contributed by atoms with E-state index in [9.17, 15) is 9.90 Å². The van der Waals surface area contributed by atoms with Crippen LogP contribution >= 0.6 is 11.8 Å². The Bertz CT molecular complexity index is 424. The predicted octanol–water partition coefficient (Wildman–Crippen LogP) is 2.83. The van der Waals surface area contributed by atoms with E-state index in [1.807, 2.05) is 25.1 Å². The van der Waals surface area contributed by atoms with Crippen LogP contribution in [0, 0.1) is 5.92 Å². The fraction of sp³-hybridized carbons (Fsp3) is 0.562. The molecule has 3 unspecified atom stereocenters. The second kappa shape index (κ2) is 7.70. The minimum atomic E-state index is -0.373. The molecule has 0 aliphatic heterocycles. The van der Waals surface area contributed by atoms with E-state index < -0.39 is 0 Å². The number of hydrogen-bond acceptors (Lipinski definition) is 3. The lowest BCUT2D eigenvalue weighted by molar-refractivity contribution is -0.125. The van der Waals surface area contributed by atoms with Crippen molar-refractivity contribution >= 4 is 17.7 Å². The van der Waals surface area contributed by atoms with Gasteiger partial charge >= 0.3 is 0 Å². The van der Waals surface area contributed by atoms with Crippen LogP contribution < -0.4 is 5.32 Å². The SMILES string of the molecule is CC(CSc1ccccc1)C(=O)NC1CCCCC1O. The second-order valence-electron chi connectivity index (χ2n) is 5.49. The molecule has 1 aliphatic rings. The van der Waals surface area contributed by atoms with Gasteiger partial charge in [-0.2, -0.15) is 0 Å². The third kappa shape index (κ3) is 4.53. The third-order valence-corrected chi connectivity index (χ3v) is 5.02. The van der Waals surface area contributed by atoms with E-state index >= 15 is 0 Å². The van der Waals surface area contributed by atoms with E-state index in [2.05, 4.69) is 17.4 Å². The topological polar surface area (TPSA) is 49.3 Å². The molecule has 1 aromatic carbocycles. The van der Waals surface area contributed by atoms with Gasteiger partial charge in [-0.15, -0.1) is 11.8 Å². The standard InChI is InChI=1S/C16H23NO2S/c1-12(11-20-13-7-3-2-4-8-13)16(19)17-14-9-5-6-10-15(14)18/h2-4,7-8,12,14-15,18H,5-6,9-11H2,1H3,(H,17,19). The number of aliphatic hydroxyl groups is 1. The average Bonchev–Trinajstić information content (AvgIpc) is 2.48. The van der Waals surface area contributed by atoms with Crippen molar-refractivity contribution in [3.8, 4) is 0 Å². The van der Waals surface area contributed by atoms with Crippen LogP contribution in [0.15, 0.2) is 35.2 Å². The molecule has 4 heteroatoms. The second-order valence-corrected chi connectivity index (χ2v) is 6.59. The maximum absolute atomic E-state index is 12.1. The van der Waals surface area contributed by atoms with Crippen molar-refractivity contribution in [2.45, 2.75) is 49.6 Å². The number of carbonyl (C=O) groups is 1. The molecule has 1 aliphatic carbocycles. The fourth-order valence-corrected chi connectivity index (χ4v) is 3.36. The number of nitrogens with one attached hydrogen (secondary N) is 1. The van der Waals surface area contributed by atoms with Crippen LogP contribution in [0.2, 0.25) is 0 Å². The zero-order valence-electron chi connectivity index (χ0n) is 11.9. The van der Waals surface area contributed by atoms with Crippen molar-refractivity contribution in [3.05, 3.63) is 30.3 Å². The van der Waals surface area contributed by atoms with Gasteiger partial charge in [0.2, 0.25) is 5.91 Å². The van der Waals surface area contributed by atoms with Gasteiger partial charge in [-0.3, -0.25) is 4.79 Å². The van der Waals surface area contributed by atoms with Crippen LogP contribution in [-0.4, -0.2) is 28.9 Å². The summed E-state index contributed by atoms with van der Waals surface area (Å²) in [6, 6.07) is 10.1. The zero-order valence-corrected chi connectivity index (χ0v) is 12.7. The third-order valence-electron chi connectivity index (χ3n) is 3.75. The molecular formula is C16H23NO2S. The smallest absolute Gasteiger partial charge is 0.223 e. The van der Waals surface area contributed by atoms with Gasteiger partial charge in [-0.25, -0.2) is 0 Å². The zero-order chi connectivity index (χ0) is 14.4. The number of rotatable bonds is 5. The normalized spacial score (nSPS) is 24.1. The van der Waals surface area contributed by atoms with Crippen LogP contribution in [0.5, 0.6) is 0 Å². The molecule has 0 saturated heterocycles. The fourth-order valence-electron chi connectivity index (χ4n) is 2.42. The van der Waals surface area contributed by atoms with E-state index in [1.165, 1.54) is 4.90 Å². The number of thioether (sulfide) groups is 1. The highest BCUT2D eigenvalue weighted by Crippen LogP contribution is 2.22. The summed E-state index contributed by atoms with van der Waals surface area (Å²) in [6.45, 7) is 1.94. The first-order valence-corrected chi connectivity index (χ1v) is 8.31. The van der Waals surface area contributed by atoms with Crippen molar-refractivity contribution in [2.75, 3.05) is 5.75 Å². The molecular weight excluding hydrogens is 270 g/mol. The lowest BCUT2D eigenvalue weighted by Gasteiger charge is -2.29. The number of carbonyl (C=O) groups excluding carboxylic acids is 1. The number of hydrogen-bond donors (Lipinski definition) is 2. The van der Waals surface area contributed by atoms with E-state index in [0.29, 0.717) is 0 Å². The van der Waals surface area contributed by atoms with Gasteiger partial charge in [-0.05, 0) is 25.0 Å². The Morgan fingerprint density at radius 3 is 2.75 bits per heavy atom. The molecule has 0 bridgehead atoms. The Hall–Kier alpha value is -1.00. The van der Waals surface area contributed by atoms with Crippen LogP contribution in [0.3, 0.4) is 0 Å². The summed E-state index contributed by atoms with van der Waals surface area (Å²) in [7, 11) is 0. The summed E-state index contributed by atoms with van der Waals surface area (Å²) >= 11 is 1.70. The molecule has 0 heterocycles. The summed E-state index contributed by atoms with van der Waals surface area (Å²) in [5.74, 6) is 0.771. The van der Waals surface area contributed by atoms with E-state index in [1.54, 1.807) is 11.8 Å². The Kier molecular flexibility index (Phi) is 5.92. The van der Waals surface area contributed by atoms with E-state index in [4.69, 9.17) is 0 Å². The molecule has 1 fully saturated rings. The molecule has 0 aromatic heterocycles. The molecule has 1 saturated carbocycles. The Balaban J connectivity index is 1.77. The minimum Gasteiger partial charge on any atom is -0.391 e. The van der Waals surface area contributed by atoms with Crippen LogP contribution in [0.25, 0.3) is 0 Å². The first-order valence-electron chi connectivity index (χ1n) is 7.33. The molecule has 3 nitrogen and oxygen atoms in total. The molecule has 2 N–H and O–H groups in total. The predicted molar refractivity (Wildman–Crippen MR) is 82.7 cm³/mol. The molecule has 2 rings (SSSR count). The molecule has 1 amide bonds. The summed E-state index contributed by atoms with van der Waals surface area (Å²) in [6.07, 6.45) is 3.48. The van der Waals surface area contributed by atoms with E-state index in [-0.39, 0.29) is 24.0 Å². The van der Waals surface area contributed by atoms with Gasteiger partial charge in [-0.1, -0.05) is 38.0 Å². The van der Waals surface area contributed by atoms with Crippen LogP contribution in [0.1, 0.15) is 32.6 Å². The lowest BCUT2D eigenvalue weighted by atomic mass is 9.92. The largest absolute Gasteiger partial charge is 0.391 e. The quantitative estimate of drug-likeness (QED) is 0.821. The molecule has 3 atom stereocenters. The first kappa shape index (κ1) is 15.4. The molecule has 110 valence electrons. The molecule has 0 spiro atoms. The average molecular weight is 293 g/mol. The molecule has 1 aromatic rings. The van der Waals surface area contributed by atoms with Crippen LogP contribution in [0.4, 0.5) is 0 Å². The number of aliphatic hydroxyl groups excluding tert-OH is 1. The summed E-state index contributed by atoms with van der Waals surface area (Å²) < 4.78 is 0. The molecule has 20 heavy (non-hydrogen) atoms. The monoisotopic (exact) mass is 293 g/mol. The van der Waals surface area contributed by atoms with Crippen LogP contribution in [-0.2, 0) is 4.79 Å². The van der Waals surface area contributed by atoms with Gasteiger partial charge in [0.15, 0.2) is 0 Å². The van der Waals surface area contributed by atoms with E-state index in [0.717, 1.165) is 31.4 Å². The Labute approximate surface area is 125 Å². The van der Waals surface area contributed by atoms with Crippen molar-refractivity contribution in [2.24, 2.45) is 5.92 Å². The number of benzene rings is 1. The first-order chi connectivity index (χ1) is 9.66. The lowest BCUT2D eigenvalue weighted by Crippen LogP contribution is -2.47. The highest BCUT2D eigenvalue weighted by atomic mass is 32.2. The minimum absolute atomic E-state index is 0.0469. The van der Waals surface area contributed by atoms with Gasteiger partial charge in [0.25, 0.3) is 0 Å². The van der Waals surface area contributed by atoms with Crippen molar-refractivity contribution in [1.82, 2.24) is 5.32 Å². The molecule has 0 radical (unpaired) electrons. The van der Waals surface area contributed by atoms with Crippen molar-refractivity contribution in [1.29, 1.82) is 0 Å². The van der Waals surface area contributed by atoms with Crippen molar-refractivity contribution in [3.63, 3.8) is 0 Å². The van der Waals surface area contributed by atoms with Crippen molar-refractivity contribution < 1.29 is 9.90 Å². The maximum atomic E-state index is 12.1. The highest BCUT2D eigenvalue weighted by Gasteiger charge is 2.26. The van der Waals surface area contributed by atoms with Gasteiger partial charge < -0.3 is 10.4 Å². The van der Waals surface area contributed by atoms with Gasteiger partial charge in [0.1, 0.15) is 0 Å². The van der Waals surface area contributed by atoms with Gasteiger partial charge in [0.05, 0.1) is 12.1 Å². The Morgan fingerprint density at radius 1 is 1.35 bits per heavy atom. The Morgan fingerprint density at radius 2 is 2.05 bits per heavy atom. The summed E-state index contributed by atoms with van der Waals surface area (Å²) in [4.78, 5) is 13.3. The maximum Gasteiger partial charge on any atom is 0.223 e. The van der Waals surface area contributed by atoms with Gasteiger partial charge in [0, 0.05) is 16.6 Å². The summed E-state index contributed by atoms with van der Waals surface area (Å²) in [5, 5.41) is 12.9. The number of amides is 1.